The Labute approximate surface area is 202 Å². The minimum Gasteiger partial charge on any atom is -0.462 e. The molecule has 6 rings (SSSR count). The van der Waals surface area contributed by atoms with E-state index in [1.165, 1.54) is 30.4 Å². The van der Waals surface area contributed by atoms with Crippen LogP contribution in [0, 0.1) is 28.6 Å². The molecule has 2 N–H and O–H groups in total. The van der Waals surface area contributed by atoms with Gasteiger partial charge in [0.15, 0.2) is 0 Å². The lowest BCUT2D eigenvalue weighted by Crippen LogP contribution is -2.52. The van der Waals surface area contributed by atoms with Crippen LogP contribution in [0.2, 0.25) is 0 Å². The maximum Gasteiger partial charge on any atom is 0.302 e. The molecule has 3 fully saturated rings. The van der Waals surface area contributed by atoms with Crippen molar-refractivity contribution in [3.05, 3.63) is 47.2 Å². The van der Waals surface area contributed by atoms with Crippen LogP contribution in [0.4, 0.5) is 5.95 Å². The van der Waals surface area contributed by atoms with Gasteiger partial charge < -0.3 is 10.5 Å². The predicted octanol–water partition coefficient (Wildman–Crippen LogP) is 5.84. The molecule has 3 saturated carbocycles. The highest BCUT2D eigenvalue weighted by Gasteiger charge is 2.60. The first-order valence-electron chi connectivity index (χ1n) is 12.9. The summed E-state index contributed by atoms with van der Waals surface area (Å²) in [5, 5.41) is 0. The third kappa shape index (κ3) is 3.15. The summed E-state index contributed by atoms with van der Waals surface area (Å²) >= 11 is 0. The molecule has 4 aliphatic rings. The smallest absolute Gasteiger partial charge is 0.302 e. The number of nitrogen functional groups attached to an aromatic ring is 1. The topological polar surface area (TPSA) is 78.1 Å². The van der Waals surface area contributed by atoms with E-state index >= 15 is 0 Å². The summed E-state index contributed by atoms with van der Waals surface area (Å²) in [6.07, 6.45) is 10.2. The number of ether oxygens (including phenoxy) is 1. The molecule has 2 aromatic rings. The van der Waals surface area contributed by atoms with E-state index in [9.17, 15) is 4.79 Å². The second-order valence-electron chi connectivity index (χ2n) is 11.6. The zero-order valence-electron chi connectivity index (χ0n) is 20.5. The van der Waals surface area contributed by atoms with Gasteiger partial charge in [-0.2, -0.15) is 0 Å². The number of nitrogens with zero attached hydrogens (tertiary/aromatic N) is 2. The fraction of sp³-hybridized carbons (Fsp3) is 0.552. The van der Waals surface area contributed by atoms with E-state index in [0.717, 1.165) is 42.6 Å². The summed E-state index contributed by atoms with van der Waals surface area (Å²) < 4.78 is 5.84. The second kappa shape index (κ2) is 7.66. The number of nitrogens with two attached hydrogens (primary N) is 1. The second-order valence-corrected chi connectivity index (χ2v) is 11.6. The average molecular weight is 458 g/mol. The fourth-order valence-corrected chi connectivity index (χ4v) is 8.33. The lowest BCUT2D eigenvalue weighted by molar-refractivity contribution is -0.157. The highest BCUT2D eigenvalue weighted by atomic mass is 16.5. The van der Waals surface area contributed by atoms with E-state index in [1.807, 2.05) is 6.07 Å². The lowest BCUT2D eigenvalue weighted by Gasteiger charge is -2.58. The molecule has 0 saturated heterocycles. The van der Waals surface area contributed by atoms with Gasteiger partial charge in [0.25, 0.3) is 0 Å². The normalized spacial score (nSPS) is 35.9. The van der Waals surface area contributed by atoms with Crippen LogP contribution in [-0.2, 0) is 16.0 Å². The van der Waals surface area contributed by atoms with Gasteiger partial charge in [-0.1, -0.05) is 49.8 Å². The number of allylic oxidation sites excluding steroid dienone is 1. The third-order valence-corrected chi connectivity index (χ3v) is 9.92. The average Bonchev–Trinajstić information content (AvgIpc) is 3.13. The maximum absolute atomic E-state index is 11.8. The van der Waals surface area contributed by atoms with E-state index in [2.05, 4.69) is 49.2 Å². The highest BCUT2D eigenvalue weighted by Crippen LogP contribution is 2.65. The maximum atomic E-state index is 11.8. The van der Waals surface area contributed by atoms with Crippen molar-refractivity contribution < 1.29 is 9.53 Å². The van der Waals surface area contributed by atoms with E-state index in [4.69, 9.17) is 15.5 Å². The Morgan fingerprint density at radius 3 is 2.62 bits per heavy atom. The molecule has 0 radical (unpaired) electrons. The van der Waals surface area contributed by atoms with Crippen LogP contribution >= 0.6 is 0 Å². The molecule has 34 heavy (non-hydrogen) atoms. The SMILES string of the molecule is CC(=O)O[C@H]1CC[C@H]2[C@@H]3CCC4=Cc5nc(N)nc(-c6ccccc6)c5C[C@]4(C)[C@H]3CC[C@]12C. The van der Waals surface area contributed by atoms with Gasteiger partial charge in [0.05, 0.1) is 11.4 Å². The van der Waals surface area contributed by atoms with Crippen molar-refractivity contribution in [1.29, 1.82) is 0 Å². The number of benzene rings is 1. The zero-order valence-corrected chi connectivity index (χ0v) is 20.5. The standard InChI is InChI=1S/C29H35N3O2/c1-17(33)34-25-12-11-22-20-10-9-19-15-24-21(16-29(19,3)23(20)13-14-28(22,25)2)26(32-27(30)31-24)18-7-5-4-6-8-18/h4-8,15,20,22-23,25H,9-14,16H2,1-3H3,(H2,30,31,32)/t20-,22-,23-,25-,28-,29-/m0/s1. The van der Waals surface area contributed by atoms with Crippen molar-refractivity contribution in [2.75, 3.05) is 5.73 Å². The largest absolute Gasteiger partial charge is 0.462 e. The monoisotopic (exact) mass is 457 g/mol. The van der Waals surface area contributed by atoms with Gasteiger partial charge in [-0.3, -0.25) is 4.79 Å². The molecule has 1 aromatic carbocycles. The molecule has 0 amide bonds. The third-order valence-electron chi connectivity index (χ3n) is 9.92. The molecule has 0 bridgehead atoms. The van der Waals surface area contributed by atoms with E-state index in [1.54, 1.807) is 6.92 Å². The minimum absolute atomic E-state index is 0.0776. The van der Waals surface area contributed by atoms with Crippen LogP contribution in [0.5, 0.6) is 0 Å². The summed E-state index contributed by atoms with van der Waals surface area (Å²) in [5.41, 5.74) is 12.3. The Morgan fingerprint density at radius 1 is 1.06 bits per heavy atom. The van der Waals surface area contributed by atoms with Crippen molar-refractivity contribution >= 4 is 18.0 Å². The number of anilines is 1. The highest BCUT2D eigenvalue weighted by molar-refractivity contribution is 5.72. The van der Waals surface area contributed by atoms with Crippen LogP contribution in [0.1, 0.15) is 70.6 Å². The van der Waals surface area contributed by atoms with Gasteiger partial charge in [0, 0.05) is 23.5 Å². The molecule has 1 heterocycles. The zero-order chi connectivity index (χ0) is 23.7. The van der Waals surface area contributed by atoms with Crippen LogP contribution in [0.25, 0.3) is 17.3 Å². The van der Waals surface area contributed by atoms with Crippen LogP contribution in [-0.4, -0.2) is 22.0 Å². The van der Waals surface area contributed by atoms with Crippen molar-refractivity contribution in [2.45, 2.75) is 71.8 Å². The molecule has 0 spiro atoms. The number of carbonyl (C=O) groups excluding carboxylic acids is 1. The van der Waals surface area contributed by atoms with Crippen molar-refractivity contribution in [3.63, 3.8) is 0 Å². The molecule has 5 heteroatoms. The number of aromatic nitrogens is 2. The van der Waals surface area contributed by atoms with Gasteiger partial charge in [-0.05, 0) is 74.2 Å². The van der Waals surface area contributed by atoms with Gasteiger partial charge in [-0.15, -0.1) is 0 Å². The number of rotatable bonds is 2. The fourth-order valence-electron chi connectivity index (χ4n) is 8.33. The number of hydrogen-bond donors (Lipinski definition) is 1. The predicted molar refractivity (Wildman–Crippen MR) is 134 cm³/mol. The number of esters is 1. The number of fused-ring (bicyclic) bond motifs is 6. The van der Waals surface area contributed by atoms with Crippen LogP contribution < -0.4 is 5.73 Å². The van der Waals surface area contributed by atoms with Crippen LogP contribution in [0.15, 0.2) is 35.9 Å². The minimum atomic E-state index is -0.133. The quantitative estimate of drug-likeness (QED) is 0.573. The number of hydrogen-bond acceptors (Lipinski definition) is 5. The number of carbonyl (C=O) groups is 1. The summed E-state index contributed by atoms with van der Waals surface area (Å²) in [6.45, 7) is 6.44. The molecule has 0 unspecified atom stereocenters. The van der Waals surface area contributed by atoms with Gasteiger partial charge in [0.2, 0.25) is 5.95 Å². The lowest BCUT2D eigenvalue weighted by atomic mass is 9.47. The van der Waals surface area contributed by atoms with Gasteiger partial charge in [0.1, 0.15) is 6.10 Å². The van der Waals surface area contributed by atoms with Crippen molar-refractivity contribution in [2.24, 2.45) is 28.6 Å². The summed E-state index contributed by atoms with van der Waals surface area (Å²) in [6, 6.07) is 10.4. The summed E-state index contributed by atoms with van der Waals surface area (Å²) in [7, 11) is 0. The molecule has 0 aliphatic heterocycles. The molecular weight excluding hydrogens is 422 g/mol. The molecule has 4 aliphatic carbocycles. The Hall–Kier alpha value is -2.69. The molecule has 178 valence electrons. The Morgan fingerprint density at radius 2 is 1.85 bits per heavy atom. The van der Waals surface area contributed by atoms with E-state index in [-0.39, 0.29) is 22.9 Å². The Balaban J connectivity index is 1.38. The summed E-state index contributed by atoms with van der Waals surface area (Å²) in [4.78, 5) is 21.2. The molecular formula is C29H35N3O2. The summed E-state index contributed by atoms with van der Waals surface area (Å²) in [5.74, 6) is 2.16. The van der Waals surface area contributed by atoms with Gasteiger partial charge >= 0.3 is 5.97 Å². The molecule has 5 nitrogen and oxygen atoms in total. The Kier molecular flexibility index (Phi) is 4.91. The molecule has 6 atom stereocenters. The van der Waals surface area contributed by atoms with Crippen molar-refractivity contribution in [3.8, 4) is 11.3 Å². The first-order chi connectivity index (χ1) is 16.3. The van der Waals surface area contributed by atoms with E-state index in [0.29, 0.717) is 23.7 Å². The van der Waals surface area contributed by atoms with Gasteiger partial charge in [-0.25, -0.2) is 9.97 Å². The first-order valence-corrected chi connectivity index (χ1v) is 12.9. The molecule has 1 aromatic heterocycles. The van der Waals surface area contributed by atoms with Crippen molar-refractivity contribution in [1.82, 2.24) is 9.97 Å². The first kappa shape index (κ1) is 21.8. The van der Waals surface area contributed by atoms with Crippen LogP contribution in [0.3, 0.4) is 0 Å². The van der Waals surface area contributed by atoms with E-state index < -0.39 is 0 Å². The Bertz CT molecular complexity index is 1180.